The van der Waals surface area contributed by atoms with Crippen molar-refractivity contribution in [1.29, 1.82) is 0 Å². The number of nitrogens with one attached hydrogen (secondary N) is 1. The Morgan fingerprint density at radius 1 is 1.38 bits per heavy atom. The maximum Gasteiger partial charge on any atom is 0.305 e. The van der Waals surface area contributed by atoms with Gasteiger partial charge in [-0.3, -0.25) is 4.79 Å². The number of ether oxygens (including phenoxy) is 1. The molecule has 0 saturated carbocycles. The highest BCUT2D eigenvalue weighted by Crippen LogP contribution is 2.30. The predicted molar refractivity (Wildman–Crippen MR) is 80.8 cm³/mol. The van der Waals surface area contributed by atoms with E-state index in [1.165, 1.54) is 18.4 Å². The summed E-state index contributed by atoms with van der Waals surface area (Å²) in [7, 11) is 1.49. The second kappa shape index (κ2) is 7.10. The van der Waals surface area contributed by atoms with E-state index in [4.69, 9.17) is 9.84 Å². The van der Waals surface area contributed by atoms with Crippen LogP contribution in [-0.2, 0) is 11.3 Å². The first-order valence-corrected chi connectivity index (χ1v) is 7.33. The smallest absolute Gasteiger partial charge is 0.305 e. The molecule has 1 unspecified atom stereocenters. The number of aromatic hydroxyl groups is 1. The fourth-order valence-corrected chi connectivity index (χ4v) is 2.85. The van der Waals surface area contributed by atoms with Crippen LogP contribution in [0.1, 0.15) is 22.9 Å². The average molecular weight is 307 g/mol. The average Bonchev–Trinajstić information content (AvgIpc) is 2.98. The third kappa shape index (κ3) is 3.96. The van der Waals surface area contributed by atoms with Crippen LogP contribution in [0.15, 0.2) is 35.7 Å². The Hall–Kier alpha value is -2.05. The molecule has 112 valence electrons. The molecular formula is C15H17NO4S. The van der Waals surface area contributed by atoms with E-state index in [1.807, 2.05) is 17.5 Å². The number of thiophene rings is 1. The first-order chi connectivity index (χ1) is 10.1. The zero-order valence-corrected chi connectivity index (χ0v) is 12.4. The molecule has 2 rings (SSSR count). The summed E-state index contributed by atoms with van der Waals surface area (Å²) in [6, 6.07) is 8.74. The van der Waals surface area contributed by atoms with Crippen molar-refractivity contribution in [2.24, 2.45) is 0 Å². The van der Waals surface area contributed by atoms with Crippen LogP contribution in [0, 0.1) is 0 Å². The van der Waals surface area contributed by atoms with Crippen LogP contribution in [0.4, 0.5) is 0 Å². The van der Waals surface area contributed by atoms with E-state index in [1.54, 1.807) is 18.2 Å². The monoisotopic (exact) mass is 307 g/mol. The molecule has 1 aromatic heterocycles. The number of phenols is 1. The molecule has 2 aromatic rings. The van der Waals surface area contributed by atoms with Gasteiger partial charge in [-0.15, -0.1) is 11.3 Å². The van der Waals surface area contributed by atoms with E-state index in [0.29, 0.717) is 17.9 Å². The maximum absolute atomic E-state index is 11.0. The van der Waals surface area contributed by atoms with E-state index in [2.05, 4.69) is 5.32 Å². The molecule has 1 aromatic carbocycles. The second-order valence-corrected chi connectivity index (χ2v) is 5.49. The lowest BCUT2D eigenvalue weighted by molar-refractivity contribution is -0.137. The van der Waals surface area contributed by atoms with Gasteiger partial charge in [0.05, 0.1) is 19.6 Å². The van der Waals surface area contributed by atoms with E-state index < -0.39 is 5.97 Å². The van der Waals surface area contributed by atoms with E-state index in [0.717, 1.165) is 4.88 Å². The molecule has 0 bridgehead atoms. The van der Waals surface area contributed by atoms with Crippen molar-refractivity contribution in [2.75, 3.05) is 7.11 Å². The zero-order valence-electron chi connectivity index (χ0n) is 11.6. The standard InChI is InChI=1S/C15H17NO4S/c1-20-12-5-2-4-10(15(12)19)9-16-11(8-14(17)18)13-6-3-7-21-13/h2-7,11,16,19H,8-9H2,1H3,(H,17,18). The van der Waals surface area contributed by atoms with Crippen molar-refractivity contribution >= 4 is 17.3 Å². The number of hydrogen-bond donors (Lipinski definition) is 3. The second-order valence-electron chi connectivity index (χ2n) is 4.51. The summed E-state index contributed by atoms with van der Waals surface area (Å²) in [5, 5.41) is 24.1. The number of carbonyl (C=O) groups is 1. The van der Waals surface area contributed by atoms with Crippen LogP contribution >= 0.6 is 11.3 Å². The first-order valence-electron chi connectivity index (χ1n) is 6.45. The molecule has 0 aliphatic rings. The number of aliphatic carboxylic acids is 1. The lowest BCUT2D eigenvalue weighted by atomic mass is 10.1. The molecule has 0 aliphatic heterocycles. The van der Waals surface area contributed by atoms with Gasteiger partial charge in [0.1, 0.15) is 0 Å². The summed E-state index contributed by atoms with van der Waals surface area (Å²) < 4.78 is 5.06. The Morgan fingerprint density at radius 2 is 2.19 bits per heavy atom. The van der Waals surface area contributed by atoms with E-state index in [-0.39, 0.29) is 18.2 Å². The lowest BCUT2D eigenvalue weighted by Crippen LogP contribution is -2.22. The van der Waals surface area contributed by atoms with E-state index in [9.17, 15) is 9.90 Å². The summed E-state index contributed by atoms with van der Waals surface area (Å²) in [5.41, 5.74) is 0.668. The van der Waals surface area contributed by atoms with Crippen molar-refractivity contribution in [2.45, 2.75) is 19.0 Å². The Balaban J connectivity index is 2.10. The molecule has 1 atom stereocenters. The number of phenolic OH excluding ortho intramolecular Hbond substituents is 1. The molecule has 0 amide bonds. The molecule has 0 aliphatic carbocycles. The summed E-state index contributed by atoms with van der Waals surface area (Å²) >= 11 is 1.51. The fraction of sp³-hybridized carbons (Fsp3) is 0.267. The Labute approximate surface area is 126 Å². The Bertz CT molecular complexity index is 598. The summed E-state index contributed by atoms with van der Waals surface area (Å²) in [5.74, 6) is -0.385. The van der Waals surface area contributed by atoms with Gasteiger partial charge >= 0.3 is 5.97 Å². The van der Waals surface area contributed by atoms with Crippen LogP contribution in [0.25, 0.3) is 0 Å². The molecule has 0 fully saturated rings. The van der Waals surface area contributed by atoms with Gasteiger partial charge in [0, 0.05) is 17.0 Å². The summed E-state index contributed by atoms with van der Waals surface area (Å²) in [6.07, 6.45) is -0.00869. The van der Waals surface area contributed by atoms with Crippen LogP contribution in [0.5, 0.6) is 11.5 Å². The molecular weight excluding hydrogens is 290 g/mol. The van der Waals surface area contributed by atoms with Crippen molar-refractivity contribution in [3.05, 3.63) is 46.2 Å². The Kier molecular flexibility index (Phi) is 5.19. The van der Waals surface area contributed by atoms with Gasteiger partial charge < -0.3 is 20.3 Å². The predicted octanol–water partition coefficient (Wildman–Crippen LogP) is 2.77. The largest absolute Gasteiger partial charge is 0.504 e. The van der Waals surface area contributed by atoms with Crippen molar-refractivity contribution < 1.29 is 19.7 Å². The van der Waals surface area contributed by atoms with Crippen LogP contribution in [-0.4, -0.2) is 23.3 Å². The molecule has 3 N–H and O–H groups in total. The van der Waals surface area contributed by atoms with Gasteiger partial charge in [0.2, 0.25) is 0 Å². The number of rotatable bonds is 7. The highest BCUT2D eigenvalue weighted by Gasteiger charge is 2.17. The van der Waals surface area contributed by atoms with E-state index >= 15 is 0 Å². The number of hydrogen-bond acceptors (Lipinski definition) is 5. The minimum atomic E-state index is -0.865. The van der Waals surface area contributed by atoms with Gasteiger partial charge in [-0.25, -0.2) is 0 Å². The summed E-state index contributed by atoms with van der Waals surface area (Å²) in [6.45, 7) is 0.360. The third-order valence-electron chi connectivity index (χ3n) is 3.11. The zero-order chi connectivity index (χ0) is 15.2. The van der Waals surface area contributed by atoms with Gasteiger partial charge in [-0.05, 0) is 17.5 Å². The van der Waals surface area contributed by atoms with Crippen LogP contribution in [0.2, 0.25) is 0 Å². The Morgan fingerprint density at radius 3 is 2.81 bits per heavy atom. The number of methoxy groups -OCH3 is 1. The van der Waals surface area contributed by atoms with Gasteiger partial charge in [-0.1, -0.05) is 18.2 Å². The molecule has 6 heteroatoms. The first kappa shape index (κ1) is 15.3. The maximum atomic E-state index is 11.0. The molecule has 0 radical (unpaired) electrons. The fourth-order valence-electron chi connectivity index (χ4n) is 2.05. The van der Waals surface area contributed by atoms with Crippen molar-refractivity contribution in [3.63, 3.8) is 0 Å². The molecule has 5 nitrogen and oxygen atoms in total. The van der Waals surface area contributed by atoms with Crippen molar-refractivity contribution in [3.8, 4) is 11.5 Å². The summed E-state index contributed by atoms with van der Waals surface area (Å²) in [4.78, 5) is 11.9. The number of carboxylic acids is 1. The normalized spacial score (nSPS) is 12.0. The van der Waals surface area contributed by atoms with Gasteiger partial charge in [-0.2, -0.15) is 0 Å². The third-order valence-corrected chi connectivity index (χ3v) is 4.09. The molecule has 0 saturated heterocycles. The van der Waals surface area contributed by atoms with Crippen LogP contribution < -0.4 is 10.1 Å². The highest BCUT2D eigenvalue weighted by molar-refractivity contribution is 7.10. The molecule has 0 spiro atoms. The molecule has 21 heavy (non-hydrogen) atoms. The SMILES string of the molecule is COc1cccc(CNC(CC(=O)O)c2cccs2)c1O. The number of benzene rings is 1. The van der Waals surface area contributed by atoms with Crippen molar-refractivity contribution in [1.82, 2.24) is 5.32 Å². The quantitative estimate of drug-likeness (QED) is 0.733. The molecule has 1 heterocycles. The lowest BCUT2D eigenvalue weighted by Gasteiger charge is -2.16. The van der Waals surface area contributed by atoms with Gasteiger partial charge in [0.25, 0.3) is 0 Å². The minimum absolute atomic E-state index is 0.00869. The number of carboxylic acid groups (broad SMARTS) is 1. The highest BCUT2D eigenvalue weighted by atomic mass is 32.1. The van der Waals surface area contributed by atoms with Crippen LogP contribution in [0.3, 0.4) is 0 Å². The van der Waals surface area contributed by atoms with Gasteiger partial charge in [0.15, 0.2) is 11.5 Å². The number of para-hydroxylation sites is 1. The minimum Gasteiger partial charge on any atom is -0.504 e. The topological polar surface area (TPSA) is 78.8 Å².